The standard InChI is InChI=1S/C17H21NO/c1-13-9-14(2)11-16(10-13)12-18-17-5-3-15(4-6-17)7-8-19/h3-6,9-11,18-19H,7-8,12H2,1-2H3. The summed E-state index contributed by atoms with van der Waals surface area (Å²) in [5.41, 5.74) is 6.18. The molecule has 0 amide bonds. The van der Waals surface area contributed by atoms with Crippen LogP contribution in [0.4, 0.5) is 5.69 Å². The molecule has 2 rings (SSSR count). The molecule has 0 fully saturated rings. The zero-order valence-electron chi connectivity index (χ0n) is 11.6. The molecule has 0 aliphatic rings. The number of hydrogen-bond acceptors (Lipinski definition) is 2. The molecule has 2 nitrogen and oxygen atoms in total. The highest BCUT2D eigenvalue weighted by molar-refractivity contribution is 5.45. The summed E-state index contributed by atoms with van der Waals surface area (Å²) in [5, 5.41) is 12.3. The number of aliphatic hydroxyl groups excluding tert-OH is 1. The Morgan fingerprint density at radius 1 is 0.895 bits per heavy atom. The molecular formula is C17H21NO. The van der Waals surface area contributed by atoms with Gasteiger partial charge in [-0.25, -0.2) is 0 Å². The van der Waals surface area contributed by atoms with Crippen LogP contribution in [0.5, 0.6) is 0 Å². The van der Waals surface area contributed by atoms with E-state index >= 15 is 0 Å². The normalized spacial score (nSPS) is 10.5. The fraction of sp³-hybridized carbons (Fsp3) is 0.294. The molecule has 0 aliphatic carbocycles. The number of rotatable bonds is 5. The second-order valence-corrected chi connectivity index (χ2v) is 5.02. The summed E-state index contributed by atoms with van der Waals surface area (Å²) in [6, 6.07) is 14.8. The average Bonchev–Trinajstić information content (AvgIpc) is 2.37. The van der Waals surface area contributed by atoms with E-state index in [0.717, 1.165) is 18.7 Å². The second-order valence-electron chi connectivity index (χ2n) is 5.02. The molecule has 0 atom stereocenters. The summed E-state index contributed by atoms with van der Waals surface area (Å²) in [6.07, 6.45) is 0.720. The molecule has 2 aromatic rings. The Hall–Kier alpha value is -1.80. The summed E-state index contributed by atoms with van der Waals surface area (Å²) in [5.74, 6) is 0. The molecule has 0 saturated carbocycles. The molecule has 2 aromatic carbocycles. The van der Waals surface area contributed by atoms with Crippen molar-refractivity contribution < 1.29 is 5.11 Å². The number of hydrogen-bond donors (Lipinski definition) is 2. The van der Waals surface area contributed by atoms with E-state index in [0.29, 0.717) is 0 Å². The van der Waals surface area contributed by atoms with Crippen molar-refractivity contribution in [1.29, 1.82) is 0 Å². The highest BCUT2D eigenvalue weighted by Gasteiger charge is 1.97. The van der Waals surface area contributed by atoms with Crippen LogP contribution >= 0.6 is 0 Å². The van der Waals surface area contributed by atoms with Gasteiger partial charge in [-0.1, -0.05) is 41.5 Å². The predicted molar refractivity (Wildman–Crippen MR) is 80.5 cm³/mol. The first-order valence-electron chi connectivity index (χ1n) is 6.68. The number of aryl methyl sites for hydroxylation is 2. The summed E-state index contributed by atoms with van der Waals surface area (Å²) >= 11 is 0. The third-order valence-electron chi connectivity index (χ3n) is 3.13. The largest absolute Gasteiger partial charge is 0.396 e. The van der Waals surface area contributed by atoms with Crippen molar-refractivity contribution in [1.82, 2.24) is 0 Å². The Labute approximate surface area is 115 Å². The van der Waals surface area contributed by atoms with Gasteiger partial charge in [-0.2, -0.15) is 0 Å². The van der Waals surface area contributed by atoms with E-state index in [4.69, 9.17) is 5.11 Å². The van der Waals surface area contributed by atoms with Crippen LogP contribution in [0.2, 0.25) is 0 Å². The summed E-state index contributed by atoms with van der Waals surface area (Å²) in [4.78, 5) is 0. The van der Waals surface area contributed by atoms with E-state index in [1.807, 2.05) is 0 Å². The van der Waals surface area contributed by atoms with Crippen molar-refractivity contribution in [2.24, 2.45) is 0 Å². The lowest BCUT2D eigenvalue weighted by atomic mass is 10.1. The van der Waals surface area contributed by atoms with Crippen LogP contribution in [0.25, 0.3) is 0 Å². The van der Waals surface area contributed by atoms with Gasteiger partial charge in [0, 0.05) is 18.8 Å². The Bertz CT molecular complexity index is 511. The van der Waals surface area contributed by atoms with E-state index in [1.54, 1.807) is 0 Å². The van der Waals surface area contributed by atoms with Crippen LogP contribution in [0.3, 0.4) is 0 Å². The molecule has 100 valence electrons. The molecule has 0 bridgehead atoms. The first-order chi connectivity index (χ1) is 9.17. The van der Waals surface area contributed by atoms with Crippen LogP contribution in [-0.2, 0) is 13.0 Å². The van der Waals surface area contributed by atoms with E-state index in [9.17, 15) is 0 Å². The molecule has 0 unspecified atom stereocenters. The van der Waals surface area contributed by atoms with Gasteiger partial charge in [-0.05, 0) is 43.5 Å². The van der Waals surface area contributed by atoms with Gasteiger partial charge in [-0.15, -0.1) is 0 Å². The lowest BCUT2D eigenvalue weighted by Crippen LogP contribution is -2.00. The van der Waals surface area contributed by atoms with Gasteiger partial charge in [0.2, 0.25) is 0 Å². The van der Waals surface area contributed by atoms with Gasteiger partial charge >= 0.3 is 0 Å². The molecule has 0 spiro atoms. The molecule has 0 aliphatic heterocycles. The minimum atomic E-state index is 0.204. The Morgan fingerprint density at radius 2 is 1.53 bits per heavy atom. The van der Waals surface area contributed by atoms with Crippen LogP contribution in [-0.4, -0.2) is 11.7 Å². The maximum absolute atomic E-state index is 8.88. The maximum atomic E-state index is 8.88. The quantitative estimate of drug-likeness (QED) is 0.857. The summed E-state index contributed by atoms with van der Waals surface area (Å²) < 4.78 is 0. The predicted octanol–water partition coefficient (Wildman–Crippen LogP) is 3.45. The van der Waals surface area contributed by atoms with E-state index in [-0.39, 0.29) is 6.61 Å². The van der Waals surface area contributed by atoms with Crippen molar-refractivity contribution in [3.63, 3.8) is 0 Å². The highest BCUT2D eigenvalue weighted by atomic mass is 16.2. The van der Waals surface area contributed by atoms with Gasteiger partial charge in [0.05, 0.1) is 0 Å². The average molecular weight is 255 g/mol. The first-order valence-corrected chi connectivity index (χ1v) is 6.68. The number of benzene rings is 2. The molecular weight excluding hydrogens is 234 g/mol. The minimum Gasteiger partial charge on any atom is -0.396 e. The topological polar surface area (TPSA) is 32.3 Å². The minimum absolute atomic E-state index is 0.204. The van der Waals surface area contributed by atoms with Crippen molar-refractivity contribution in [2.75, 3.05) is 11.9 Å². The summed E-state index contributed by atoms with van der Waals surface area (Å²) in [7, 11) is 0. The molecule has 0 heterocycles. The van der Waals surface area contributed by atoms with Crippen molar-refractivity contribution in [3.05, 3.63) is 64.7 Å². The molecule has 19 heavy (non-hydrogen) atoms. The lowest BCUT2D eigenvalue weighted by molar-refractivity contribution is 0.299. The van der Waals surface area contributed by atoms with Gasteiger partial charge < -0.3 is 10.4 Å². The molecule has 0 saturated heterocycles. The van der Waals surface area contributed by atoms with Gasteiger partial charge in [-0.3, -0.25) is 0 Å². The smallest absolute Gasteiger partial charge is 0.0471 e. The fourth-order valence-electron chi connectivity index (χ4n) is 2.29. The van der Waals surface area contributed by atoms with E-state index in [2.05, 4.69) is 61.6 Å². The van der Waals surface area contributed by atoms with Gasteiger partial charge in [0.25, 0.3) is 0 Å². The first kappa shape index (κ1) is 13.6. The fourth-order valence-corrected chi connectivity index (χ4v) is 2.29. The second kappa shape index (κ2) is 6.39. The number of anilines is 1. The molecule has 0 aromatic heterocycles. The van der Waals surface area contributed by atoms with Gasteiger partial charge in [0.15, 0.2) is 0 Å². The van der Waals surface area contributed by atoms with E-state index in [1.165, 1.54) is 22.3 Å². The molecule has 0 radical (unpaired) electrons. The van der Waals surface area contributed by atoms with E-state index < -0.39 is 0 Å². The SMILES string of the molecule is Cc1cc(C)cc(CNc2ccc(CCO)cc2)c1. The van der Waals surface area contributed by atoms with Crippen LogP contribution in [0.15, 0.2) is 42.5 Å². The Kier molecular flexibility index (Phi) is 4.58. The Morgan fingerprint density at radius 3 is 2.11 bits per heavy atom. The van der Waals surface area contributed by atoms with Crippen LogP contribution in [0, 0.1) is 13.8 Å². The molecule has 2 heteroatoms. The zero-order chi connectivity index (χ0) is 13.7. The third-order valence-corrected chi connectivity index (χ3v) is 3.13. The molecule has 2 N–H and O–H groups in total. The summed E-state index contributed by atoms with van der Waals surface area (Å²) in [6.45, 7) is 5.29. The third kappa shape index (κ3) is 4.11. The van der Waals surface area contributed by atoms with Crippen LogP contribution < -0.4 is 5.32 Å². The van der Waals surface area contributed by atoms with Crippen LogP contribution in [0.1, 0.15) is 22.3 Å². The van der Waals surface area contributed by atoms with Crippen molar-refractivity contribution in [3.8, 4) is 0 Å². The maximum Gasteiger partial charge on any atom is 0.0471 e. The Balaban J connectivity index is 1.98. The zero-order valence-corrected chi connectivity index (χ0v) is 11.6. The lowest BCUT2D eigenvalue weighted by Gasteiger charge is -2.09. The van der Waals surface area contributed by atoms with Crippen molar-refractivity contribution >= 4 is 5.69 Å². The number of aliphatic hydroxyl groups is 1. The van der Waals surface area contributed by atoms with Gasteiger partial charge in [0.1, 0.15) is 0 Å². The number of nitrogens with one attached hydrogen (secondary N) is 1. The van der Waals surface area contributed by atoms with Crippen molar-refractivity contribution in [2.45, 2.75) is 26.8 Å². The highest BCUT2D eigenvalue weighted by Crippen LogP contribution is 2.13. The monoisotopic (exact) mass is 255 g/mol.